The lowest BCUT2D eigenvalue weighted by Crippen LogP contribution is -2.50. The van der Waals surface area contributed by atoms with Gasteiger partial charge in [-0.05, 0) is 54.8 Å². The summed E-state index contributed by atoms with van der Waals surface area (Å²) in [5.41, 5.74) is 0.196. The zero-order valence-corrected chi connectivity index (χ0v) is 17.2. The Morgan fingerprint density at radius 2 is 2.12 bits per heavy atom. The monoisotopic (exact) mass is 444 g/mol. The SMILES string of the molecule is CC(C)(C)OC(=O)N[C@H]1CSC[C@@H](Cc2ccc([N+](=O)[O-])c(Br)c2)C1=O. The van der Waals surface area contributed by atoms with Crippen LogP contribution < -0.4 is 5.32 Å². The highest BCUT2D eigenvalue weighted by Crippen LogP contribution is 2.29. The van der Waals surface area contributed by atoms with Crippen LogP contribution in [-0.4, -0.2) is 39.9 Å². The summed E-state index contributed by atoms with van der Waals surface area (Å²) in [7, 11) is 0. The minimum atomic E-state index is -0.626. The van der Waals surface area contributed by atoms with Gasteiger partial charge in [-0.2, -0.15) is 11.8 Å². The highest BCUT2D eigenvalue weighted by atomic mass is 79.9. The first-order valence-corrected chi connectivity index (χ1v) is 10.1. The van der Waals surface area contributed by atoms with Crippen molar-refractivity contribution in [2.75, 3.05) is 11.5 Å². The van der Waals surface area contributed by atoms with Gasteiger partial charge in [0, 0.05) is 23.5 Å². The molecule has 142 valence electrons. The maximum Gasteiger partial charge on any atom is 0.408 e. The van der Waals surface area contributed by atoms with Crippen LogP contribution in [0.1, 0.15) is 26.3 Å². The summed E-state index contributed by atoms with van der Waals surface area (Å²) < 4.78 is 5.60. The van der Waals surface area contributed by atoms with Gasteiger partial charge in [0.25, 0.3) is 5.69 Å². The maximum atomic E-state index is 12.7. The number of nitro benzene ring substituents is 1. The maximum absolute atomic E-state index is 12.7. The van der Waals surface area contributed by atoms with Gasteiger partial charge in [-0.25, -0.2) is 4.79 Å². The number of nitrogens with zero attached hydrogens (tertiary/aromatic N) is 1. The molecule has 2 rings (SSSR count). The molecular weight excluding hydrogens is 424 g/mol. The van der Waals surface area contributed by atoms with Gasteiger partial charge in [-0.3, -0.25) is 14.9 Å². The second-order valence-corrected chi connectivity index (χ2v) is 9.01. The fraction of sp³-hybridized carbons (Fsp3) is 0.529. The van der Waals surface area contributed by atoms with Gasteiger partial charge in [0.1, 0.15) is 11.6 Å². The summed E-state index contributed by atoms with van der Waals surface area (Å²) >= 11 is 4.79. The van der Waals surface area contributed by atoms with Crippen molar-refractivity contribution in [3.05, 3.63) is 38.3 Å². The minimum absolute atomic E-state index is 0.0115. The van der Waals surface area contributed by atoms with Crippen molar-refractivity contribution in [3.8, 4) is 0 Å². The Morgan fingerprint density at radius 1 is 1.42 bits per heavy atom. The molecule has 1 saturated heterocycles. The molecule has 0 saturated carbocycles. The van der Waals surface area contributed by atoms with Crippen LogP contribution in [-0.2, 0) is 16.0 Å². The Bertz CT molecular complexity index is 720. The van der Waals surface area contributed by atoms with Crippen LogP contribution >= 0.6 is 27.7 Å². The van der Waals surface area contributed by atoms with Gasteiger partial charge in [0.2, 0.25) is 0 Å². The van der Waals surface area contributed by atoms with Crippen LogP contribution in [0.25, 0.3) is 0 Å². The van der Waals surface area contributed by atoms with Crippen molar-refractivity contribution in [2.24, 2.45) is 5.92 Å². The van der Waals surface area contributed by atoms with Crippen molar-refractivity contribution in [1.29, 1.82) is 0 Å². The molecule has 1 heterocycles. The van der Waals surface area contributed by atoms with E-state index in [1.807, 2.05) is 0 Å². The van der Waals surface area contributed by atoms with E-state index in [1.165, 1.54) is 6.07 Å². The highest BCUT2D eigenvalue weighted by molar-refractivity contribution is 9.10. The number of ether oxygens (including phenoxy) is 1. The third-order valence-corrected chi connectivity index (χ3v) is 5.57. The number of carbonyl (C=O) groups is 2. The summed E-state index contributed by atoms with van der Waals surface area (Å²) in [6.45, 7) is 5.29. The number of rotatable bonds is 4. The lowest BCUT2D eigenvalue weighted by Gasteiger charge is -2.29. The fourth-order valence-electron chi connectivity index (χ4n) is 2.61. The van der Waals surface area contributed by atoms with E-state index in [2.05, 4.69) is 21.2 Å². The van der Waals surface area contributed by atoms with Crippen molar-refractivity contribution in [3.63, 3.8) is 0 Å². The summed E-state index contributed by atoms with van der Waals surface area (Å²) in [6.07, 6.45) is -0.134. The normalized spacial score (nSPS) is 20.5. The molecule has 1 amide bonds. The number of nitrogens with one attached hydrogen (secondary N) is 1. The number of amides is 1. The molecule has 1 fully saturated rings. The first-order chi connectivity index (χ1) is 12.1. The molecule has 0 aromatic heterocycles. The number of hydrogen-bond acceptors (Lipinski definition) is 6. The molecule has 0 radical (unpaired) electrons. The Hall–Kier alpha value is -1.61. The molecule has 26 heavy (non-hydrogen) atoms. The van der Waals surface area contributed by atoms with Gasteiger partial charge in [-0.1, -0.05) is 6.07 Å². The predicted octanol–water partition coefficient (Wildman–Crippen LogP) is 3.73. The molecule has 1 aromatic carbocycles. The van der Waals surface area contributed by atoms with E-state index in [-0.39, 0.29) is 17.4 Å². The number of thioether (sulfide) groups is 1. The second kappa shape index (κ2) is 8.39. The standard InChI is InChI=1S/C17H21BrN2O5S/c1-17(2,3)25-16(22)19-13-9-26-8-11(15(13)21)6-10-4-5-14(20(23)24)12(18)7-10/h4-5,7,11,13H,6,8-9H2,1-3H3,(H,19,22)/t11-,13+/m1/s1. The van der Waals surface area contributed by atoms with Crippen molar-refractivity contribution < 1.29 is 19.2 Å². The third-order valence-electron chi connectivity index (χ3n) is 3.73. The van der Waals surface area contributed by atoms with Gasteiger partial charge >= 0.3 is 6.09 Å². The van der Waals surface area contributed by atoms with E-state index >= 15 is 0 Å². The molecule has 1 N–H and O–H groups in total. The largest absolute Gasteiger partial charge is 0.444 e. The average Bonchev–Trinajstić information content (AvgIpc) is 2.49. The van der Waals surface area contributed by atoms with Gasteiger partial charge in [0.05, 0.1) is 9.40 Å². The van der Waals surface area contributed by atoms with Crippen LogP contribution in [0.4, 0.5) is 10.5 Å². The van der Waals surface area contributed by atoms with Crippen molar-refractivity contribution >= 4 is 45.3 Å². The number of carbonyl (C=O) groups excluding carboxylic acids is 2. The lowest BCUT2D eigenvalue weighted by atomic mass is 9.93. The van der Waals surface area contributed by atoms with Crippen molar-refractivity contribution in [2.45, 2.75) is 38.8 Å². The van der Waals surface area contributed by atoms with E-state index in [0.29, 0.717) is 22.4 Å². The Balaban J connectivity index is 2.02. The van der Waals surface area contributed by atoms with E-state index in [1.54, 1.807) is 44.7 Å². The Morgan fingerprint density at radius 3 is 2.69 bits per heavy atom. The first-order valence-electron chi connectivity index (χ1n) is 8.10. The number of nitro groups is 1. The van der Waals surface area contributed by atoms with E-state index in [9.17, 15) is 19.7 Å². The molecule has 0 unspecified atom stereocenters. The zero-order valence-electron chi connectivity index (χ0n) is 14.8. The first kappa shape index (κ1) is 20.7. The molecule has 1 aliphatic heterocycles. The molecule has 1 aromatic rings. The molecule has 0 bridgehead atoms. The molecule has 0 aliphatic carbocycles. The lowest BCUT2D eigenvalue weighted by molar-refractivity contribution is -0.385. The fourth-order valence-corrected chi connectivity index (χ4v) is 4.37. The molecule has 2 atom stereocenters. The third kappa shape index (κ3) is 5.70. The summed E-state index contributed by atoms with van der Waals surface area (Å²) in [5, 5.41) is 13.5. The van der Waals surface area contributed by atoms with Gasteiger partial charge in [0.15, 0.2) is 5.78 Å². The zero-order chi connectivity index (χ0) is 19.5. The van der Waals surface area contributed by atoms with E-state index in [4.69, 9.17) is 4.74 Å². The number of Topliss-reactive ketones (excluding diaryl/α,β-unsaturated/α-hetero) is 1. The number of benzene rings is 1. The molecule has 0 spiro atoms. The van der Waals surface area contributed by atoms with Gasteiger partial charge in [-0.15, -0.1) is 0 Å². The average molecular weight is 445 g/mol. The highest BCUT2D eigenvalue weighted by Gasteiger charge is 2.33. The second-order valence-electron chi connectivity index (χ2n) is 7.08. The minimum Gasteiger partial charge on any atom is -0.444 e. The number of alkyl carbamates (subject to hydrolysis) is 1. The number of ketones is 1. The molecule has 9 heteroatoms. The smallest absolute Gasteiger partial charge is 0.408 e. The van der Waals surface area contributed by atoms with Crippen LogP contribution in [0.2, 0.25) is 0 Å². The summed E-state index contributed by atoms with van der Waals surface area (Å²) in [5.74, 6) is 0.865. The Kier molecular flexibility index (Phi) is 6.68. The van der Waals surface area contributed by atoms with Crippen LogP contribution in [0.5, 0.6) is 0 Å². The van der Waals surface area contributed by atoms with Crippen LogP contribution in [0, 0.1) is 16.0 Å². The molecular formula is C17H21BrN2O5S. The summed E-state index contributed by atoms with van der Waals surface area (Å²) in [4.78, 5) is 35.0. The summed E-state index contributed by atoms with van der Waals surface area (Å²) in [6, 6.07) is 4.17. The number of halogens is 1. The van der Waals surface area contributed by atoms with Crippen LogP contribution in [0.3, 0.4) is 0 Å². The topological polar surface area (TPSA) is 98.5 Å². The predicted molar refractivity (Wildman–Crippen MR) is 103 cm³/mol. The quantitative estimate of drug-likeness (QED) is 0.560. The van der Waals surface area contributed by atoms with Crippen LogP contribution in [0.15, 0.2) is 22.7 Å². The Labute approximate surface area is 164 Å². The van der Waals surface area contributed by atoms with Crippen molar-refractivity contribution in [1.82, 2.24) is 5.32 Å². The van der Waals surface area contributed by atoms with Gasteiger partial charge < -0.3 is 10.1 Å². The molecule has 7 nitrogen and oxygen atoms in total. The number of hydrogen-bond donors (Lipinski definition) is 1. The molecule has 1 aliphatic rings. The van der Waals surface area contributed by atoms with E-state index < -0.39 is 22.7 Å². The van der Waals surface area contributed by atoms with E-state index in [0.717, 1.165) is 5.56 Å².